The molecule has 2 aromatic rings. The number of piperidine rings is 1. The molecule has 0 unspecified atom stereocenters. The molecule has 4 N–H and O–H groups in total. The molecule has 1 saturated carbocycles. The Hall–Kier alpha value is -3.03. The summed E-state index contributed by atoms with van der Waals surface area (Å²) in [4.78, 5) is 36.9. The Bertz CT molecular complexity index is 874. The van der Waals surface area contributed by atoms with Crippen LogP contribution in [-0.4, -0.2) is 44.7 Å². The van der Waals surface area contributed by atoms with E-state index in [1.54, 1.807) is 24.3 Å². The Morgan fingerprint density at radius 1 is 1.21 bits per heavy atom. The third kappa shape index (κ3) is 2.10. The highest BCUT2D eigenvalue weighted by Crippen LogP contribution is 2.48. The summed E-state index contributed by atoms with van der Waals surface area (Å²) in [5.74, 6) is -0.708. The lowest BCUT2D eigenvalue weighted by molar-refractivity contribution is -0.141. The molecule has 8 nitrogen and oxygen atoms in total. The minimum Gasteiger partial charge on any atom is -0.480 e. The summed E-state index contributed by atoms with van der Waals surface area (Å²) in [7, 11) is 0. The number of hydrogen-bond donors (Lipinski definition) is 3. The molecule has 2 fully saturated rings. The van der Waals surface area contributed by atoms with E-state index >= 15 is 0 Å². The van der Waals surface area contributed by atoms with Crippen LogP contribution in [0.4, 0.5) is 15.3 Å². The molecule has 4 rings (SSSR count). The minimum absolute atomic E-state index is 0.00408. The number of para-hydroxylation sites is 1. The molecule has 2 aliphatic rings. The van der Waals surface area contributed by atoms with Crippen molar-refractivity contribution in [1.82, 2.24) is 9.47 Å². The molecule has 3 atom stereocenters. The minimum atomic E-state index is -0.989. The number of carbonyl (C=O) groups is 3. The van der Waals surface area contributed by atoms with Crippen molar-refractivity contribution in [2.45, 2.75) is 24.9 Å². The number of carboxylic acids is 1. The van der Waals surface area contributed by atoms with Crippen molar-refractivity contribution in [2.75, 3.05) is 5.32 Å². The molecule has 24 heavy (non-hydrogen) atoms. The zero-order valence-corrected chi connectivity index (χ0v) is 12.7. The Kier molecular flexibility index (Phi) is 3.02. The number of primary amides is 1. The van der Waals surface area contributed by atoms with Gasteiger partial charge in [-0.3, -0.25) is 4.57 Å². The summed E-state index contributed by atoms with van der Waals surface area (Å²) in [5.41, 5.74) is 6.38. The van der Waals surface area contributed by atoms with Gasteiger partial charge in [-0.2, -0.15) is 0 Å². The fraction of sp³-hybridized carbons (Fsp3) is 0.312. The van der Waals surface area contributed by atoms with Crippen molar-refractivity contribution in [3.8, 4) is 0 Å². The first-order valence-corrected chi connectivity index (χ1v) is 7.69. The summed E-state index contributed by atoms with van der Waals surface area (Å²) in [6.07, 6.45) is 2.80. The van der Waals surface area contributed by atoms with Gasteiger partial charge in [0.15, 0.2) is 0 Å². The van der Waals surface area contributed by atoms with Crippen LogP contribution in [0.25, 0.3) is 10.9 Å². The fourth-order valence-corrected chi connectivity index (χ4v) is 3.61. The first-order chi connectivity index (χ1) is 11.5. The molecule has 1 aromatic heterocycles. The maximum absolute atomic E-state index is 12.6. The van der Waals surface area contributed by atoms with Gasteiger partial charge >= 0.3 is 18.0 Å². The van der Waals surface area contributed by atoms with Gasteiger partial charge in [-0.05, 0) is 24.8 Å². The van der Waals surface area contributed by atoms with Gasteiger partial charge in [-0.15, -0.1) is 0 Å². The fourth-order valence-electron chi connectivity index (χ4n) is 3.61. The van der Waals surface area contributed by atoms with E-state index in [0.29, 0.717) is 23.0 Å². The Labute approximate surface area is 136 Å². The molecular weight excluding hydrogens is 312 g/mol. The second-order valence-electron chi connectivity index (χ2n) is 6.26. The first kappa shape index (κ1) is 14.6. The molecule has 0 spiro atoms. The second-order valence-corrected chi connectivity index (χ2v) is 6.26. The zero-order chi connectivity index (χ0) is 17.0. The number of aromatic nitrogens is 1. The van der Waals surface area contributed by atoms with Crippen LogP contribution in [0.5, 0.6) is 0 Å². The van der Waals surface area contributed by atoms with Gasteiger partial charge in [0.1, 0.15) is 6.04 Å². The molecule has 124 valence electrons. The number of fused-ring (bicyclic) bond motifs is 2. The van der Waals surface area contributed by atoms with E-state index in [9.17, 15) is 19.5 Å². The number of nitrogens with one attached hydrogen (secondary N) is 1. The quantitative estimate of drug-likeness (QED) is 0.776. The van der Waals surface area contributed by atoms with Crippen LogP contribution in [0.15, 0.2) is 30.5 Å². The average molecular weight is 328 g/mol. The third-order valence-corrected chi connectivity index (χ3v) is 4.81. The molecule has 1 aliphatic carbocycles. The lowest BCUT2D eigenvalue weighted by Gasteiger charge is -2.24. The number of nitrogens with zero attached hydrogens (tertiary/aromatic N) is 2. The highest BCUT2D eigenvalue weighted by atomic mass is 16.4. The number of amides is 3. The largest absolute Gasteiger partial charge is 0.480 e. The van der Waals surface area contributed by atoms with Crippen molar-refractivity contribution in [3.05, 3.63) is 30.5 Å². The summed E-state index contributed by atoms with van der Waals surface area (Å²) in [6.45, 7) is 0. The Morgan fingerprint density at radius 2 is 1.96 bits per heavy atom. The van der Waals surface area contributed by atoms with Crippen LogP contribution < -0.4 is 11.1 Å². The van der Waals surface area contributed by atoms with E-state index in [4.69, 9.17) is 5.73 Å². The number of nitrogens with two attached hydrogens (primary N) is 1. The number of carbonyl (C=O) groups excluding carboxylic acids is 2. The van der Waals surface area contributed by atoms with Crippen molar-refractivity contribution < 1.29 is 19.5 Å². The number of anilines is 1. The summed E-state index contributed by atoms with van der Waals surface area (Å²) < 4.78 is 1.25. The molecule has 0 bridgehead atoms. The van der Waals surface area contributed by atoms with Crippen LogP contribution in [0.1, 0.15) is 12.8 Å². The number of hydrogen-bond acceptors (Lipinski definition) is 3. The van der Waals surface area contributed by atoms with Crippen LogP contribution in [0, 0.1) is 5.92 Å². The van der Waals surface area contributed by atoms with E-state index in [-0.39, 0.29) is 12.0 Å². The second kappa shape index (κ2) is 4.98. The predicted octanol–water partition coefficient (Wildman–Crippen LogP) is 1.65. The van der Waals surface area contributed by atoms with Gasteiger partial charge in [0.2, 0.25) is 0 Å². The van der Waals surface area contributed by atoms with E-state index in [2.05, 4.69) is 5.32 Å². The molecule has 8 heteroatoms. The normalized spacial score (nSPS) is 24.7. The summed E-state index contributed by atoms with van der Waals surface area (Å²) in [6, 6.07) is 5.14. The number of urea groups is 1. The summed E-state index contributed by atoms with van der Waals surface area (Å²) >= 11 is 0. The molecule has 1 aromatic carbocycles. The van der Waals surface area contributed by atoms with Gasteiger partial charge in [-0.1, -0.05) is 18.2 Å². The predicted molar refractivity (Wildman–Crippen MR) is 85.7 cm³/mol. The molecule has 0 radical (unpaired) electrons. The van der Waals surface area contributed by atoms with E-state index in [1.165, 1.54) is 15.7 Å². The maximum atomic E-state index is 12.6. The van der Waals surface area contributed by atoms with Crippen molar-refractivity contribution in [3.63, 3.8) is 0 Å². The first-order valence-electron chi connectivity index (χ1n) is 7.69. The number of likely N-dealkylation sites (tertiary alicyclic amines) is 1. The van der Waals surface area contributed by atoms with Gasteiger partial charge in [-0.25, -0.2) is 14.4 Å². The number of carboxylic acid groups (broad SMARTS) is 1. The highest BCUT2D eigenvalue weighted by molar-refractivity contribution is 6.05. The smallest absolute Gasteiger partial charge is 0.326 e. The van der Waals surface area contributed by atoms with E-state index < -0.39 is 24.1 Å². The molecule has 1 aliphatic heterocycles. The Balaban J connectivity index is 1.66. The van der Waals surface area contributed by atoms with Crippen molar-refractivity contribution in [2.24, 2.45) is 11.7 Å². The van der Waals surface area contributed by atoms with Gasteiger partial charge in [0, 0.05) is 17.6 Å². The highest BCUT2D eigenvalue weighted by Gasteiger charge is 2.56. The van der Waals surface area contributed by atoms with Crippen LogP contribution in [-0.2, 0) is 4.79 Å². The van der Waals surface area contributed by atoms with Crippen LogP contribution in [0.3, 0.4) is 0 Å². The molecule has 2 heterocycles. The van der Waals surface area contributed by atoms with Crippen LogP contribution in [0.2, 0.25) is 0 Å². The lowest BCUT2D eigenvalue weighted by atomic mass is 10.2. The SMILES string of the molecule is NC(=O)n1cc(NC(=O)N2[C@@H]3C[C@@H]3C[C@H]2C(=O)O)c2ccccc21. The third-order valence-electron chi connectivity index (χ3n) is 4.81. The van der Waals surface area contributed by atoms with Gasteiger partial charge in [0.25, 0.3) is 0 Å². The van der Waals surface area contributed by atoms with Crippen molar-refractivity contribution >= 4 is 34.6 Å². The monoisotopic (exact) mass is 328 g/mol. The van der Waals surface area contributed by atoms with Gasteiger partial charge < -0.3 is 21.1 Å². The number of aliphatic carboxylic acids is 1. The maximum Gasteiger partial charge on any atom is 0.326 e. The summed E-state index contributed by atoms with van der Waals surface area (Å²) in [5, 5.41) is 12.7. The number of benzene rings is 1. The van der Waals surface area contributed by atoms with Gasteiger partial charge in [0.05, 0.1) is 11.2 Å². The topological polar surface area (TPSA) is 118 Å². The van der Waals surface area contributed by atoms with Crippen molar-refractivity contribution in [1.29, 1.82) is 0 Å². The lowest BCUT2D eigenvalue weighted by Crippen LogP contribution is -2.45. The molecular formula is C16H16N4O4. The Morgan fingerprint density at radius 3 is 2.67 bits per heavy atom. The number of rotatable bonds is 2. The average Bonchev–Trinajstić information content (AvgIpc) is 3.04. The van der Waals surface area contributed by atoms with Crippen LogP contribution >= 0.6 is 0 Å². The molecule has 1 saturated heterocycles. The molecule has 3 amide bonds. The zero-order valence-electron chi connectivity index (χ0n) is 12.7. The standard InChI is InChI=1S/C16H16N4O4/c17-15(23)19-7-10(9-3-1-2-4-11(9)19)18-16(24)20-12-5-8(12)6-13(20)14(21)22/h1-4,7-8,12-13H,5-6H2,(H2,17,23)(H,18,24)(H,21,22)/t8-,12-,13+/m1/s1. The van der Waals surface area contributed by atoms with E-state index in [0.717, 1.165) is 6.42 Å². The van der Waals surface area contributed by atoms with E-state index in [1.807, 2.05) is 0 Å².